The summed E-state index contributed by atoms with van der Waals surface area (Å²) in [5.74, 6) is 1.35. The van der Waals surface area contributed by atoms with E-state index in [4.69, 9.17) is 9.47 Å². The molecule has 1 heterocycles. The van der Waals surface area contributed by atoms with Crippen LogP contribution in [0.3, 0.4) is 0 Å². The Bertz CT molecular complexity index is 762. The second-order valence-electron chi connectivity index (χ2n) is 7.23. The summed E-state index contributed by atoms with van der Waals surface area (Å²) in [6.07, 6.45) is 2.00. The second kappa shape index (κ2) is 8.46. The summed E-state index contributed by atoms with van der Waals surface area (Å²) < 4.78 is 50.8. The molecule has 9 heteroatoms. The number of hydrogen-bond acceptors (Lipinski definition) is 5. The van der Waals surface area contributed by atoms with Gasteiger partial charge in [-0.25, -0.2) is 0 Å². The molecule has 1 unspecified atom stereocenters. The predicted octanol–water partition coefficient (Wildman–Crippen LogP) is 3.60. The average Bonchev–Trinajstić information content (AvgIpc) is 3.06. The lowest BCUT2D eigenvalue weighted by Crippen LogP contribution is -2.23. The summed E-state index contributed by atoms with van der Waals surface area (Å²) in [5.41, 5.74) is -0.596. The van der Waals surface area contributed by atoms with Crippen LogP contribution in [0.1, 0.15) is 49.7 Å². The van der Waals surface area contributed by atoms with Gasteiger partial charge < -0.3 is 14.0 Å². The fourth-order valence-electron chi connectivity index (χ4n) is 3.77. The highest BCUT2D eigenvalue weighted by atomic mass is 19.4. The van der Waals surface area contributed by atoms with E-state index in [1.165, 1.54) is 13.2 Å². The average molecular weight is 399 g/mol. The molecule has 1 fully saturated rings. The summed E-state index contributed by atoms with van der Waals surface area (Å²) in [7, 11) is 3.23. The maximum absolute atomic E-state index is 12.8. The van der Waals surface area contributed by atoms with Gasteiger partial charge >= 0.3 is 12.1 Å². The van der Waals surface area contributed by atoms with Crippen molar-refractivity contribution in [2.24, 2.45) is 13.0 Å². The minimum Gasteiger partial charge on any atom is -0.469 e. The van der Waals surface area contributed by atoms with Crippen LogP contribution in [0, 0.1) is 5.92 Å². The van der Waals surface area contributed by atoms with Crippen LogP contribution in [0.15, 0.2) is 23.8 Å². The van der Waals surface area contributed by atoms with Crippen molar-refractivity contribution in [3.05, 3.63) is 35.4 Å². The van der Waals surface area contributed by atoms with E-state index in [0.29, 0.717) is 5.82 Å². The molecular formula is C19H24F3N3O3. The van der Waals surface area contributed by atoms with Gasteiger partial charge in [0, 0.05) is 25.0 Å². The van der Waals surface area contributed by atoms with Crippen molar-refractivity contribution in [3.63, 3.8) is 0 Å². The van der Waals surface area contributed by atoms with Gasteiger partial charge in [0.15, 0.2) is 5.82 Å². The van der Waals surface area contributed by atoms with Crippen LogP contribution >= 0.6 is 0 Å². The second-order valence-corrected chi connectivity index (χ2v) is 7.23. The van der Waals surface area contributed by atoms with Gasteiger partial charge in [0.25, 0.3) is 0 Å². The molecule has 1 aromatic rings. The Hall–Kier alpha value is -2.16. The Balaban J connectivity index is 1.55. The van der Waals surface area contributed by atoms with E-state index in [9.17, 15) is 18.0 Å². The standard InChI is InChI=1S/C19H24F3N3O3/c1-25-16(11-28-15-5-3-4-14(10-15)19(20,21)22)23-24-17(25)12-6-8-13(9-7-12)18(26)27-2/h3-5,12-13,15H,6-11H2,1-2H3. The van der Waals surface area contributed by atoms with E-state index in [1.54, 1.807) is 6.08 Å². The maximum atomic E-state index is 12.8. The number of allylic oxidation sites excluding steroid dienone is 2. The van der Waals surface area contributed by atoms with Crippen LogP contribution in [0.4, 0.5) is 13.2 Å². The molecule has 1 saturated carbocycles. The van der Waals surface area contributed by atoms with Gasteiger partial charge in [0.2, 0.25) is 0 Å². The summed E-state index contributed by atoms with van der Waals surface area (Å²) in [6, 6.07) is 0. The van der Waals surface area contributed by atoms with Gasteiger partial charge in [-0.2, -0.15) is 13.2 Å². The molecular weight excluding hydrogens is 375 g/mol. The molecule has 3 rings (SSSR count). The van der Waals surface area contributed by atoms with Crippen LogP contribution in [0.2, 0.25) is 0 Å². The molecule has 2 aliphatic rings. The van der Waals surface area contributed by atoms with Gasteiger partial charge in [-0.05, 0) is 25.7 Å². The zero-order valence-electron chi connectivity index (χ0n) is 15.9. The van der Waals surface area contributed by atoms with Gasteiger partial charge in [0.1, 0.15) is 12.4 Å². The lowest BCUT2D eigenvalue weighted by Gasteiger charge is -2.26. The highest BCUT2D eigenvalue weighted by molar-refractivity contribution is 5.72. The maximum Gasteiger partial charge on any atom is 0.412 e. The largest absolute Gasteiger partial charge is 0.469 e. The highest BCUT2D eigenvalue weighted by Crippen LogP contribution is 2.36. The molecule has 0 radical (unpaired) electrons. The minimum absolute atomic E-state index is 0.0637. The van der Waals surface area contributed by atoms with Crippen LogP contribution in [0.25, 0.3) is 0 Å². The first-order valence-corrected chi connectivity index (χ1v) is 9.31. The fourth-order valence-corrected chi connectivity index (χ4v) is 3.77. The van der Waals surface area contributed by atoms with Crippen molar-refractivity contribution in [3.8, 4) is 0 Å². The molecule has 6 nitrogen and oxygen atoms in total. The number of methoxy groups -OCH3 is 1. The van der Waals surface area contributed by atoms with Crippen LogP contribution in [0.5, 0.6) is 0 Å². The number of alkyl halides is 3. The first-order valence-electron chi connectivity index (χ1n) is 9.31. The fraction of sp³-hybridized carbons (Fsp3) is 0.632. The van der Waals surface area contributed by atoms with Crippen molar-refractivity contribution in [2.45, 2.75) is 56.9 Å². The van der Waals surface area contributed by atoms with E-state index in [-0.39, 0.29) is 30.8 Å². The molecule has 1 atom stereocenters. The lowest BCUT2D eigenvalue weighted by molar-refractivity contribution is -0.146. The Kier molecular flexibility index (Phi) is 6.22. The smallest absolute Gasteiger partial charge is 0.412 e. The number of rotatable bonds is 5. The molecule has 0 bridgehead atoms. The van der Waals surface area contributed by atoms with E-state index >= 15 is 0 Å². The number of ether oxygens (including phenoxy) is 2. The molecule has 0 amide bonds. The van der Waals surface area contributed by atoms with Crippen LogP contribution < -0.4 is 0 Å². The Morgan fingerprint density at radius 2 is 1.96 bits per heavy atom. The number of hydrogen-bond donors (Lipinski definition) is 0. The lowest BCUT2D eigenvalue weighted by atomic mass is 9.81. The van der Waals surface area contributed by atoms with E-state index in [1.807, 2.05) is 11.6 Å². The molecule has 28 heavy (non-hydrogen) atoms. The molecule has 0 aromatic carbocycles. The number of carbonyl (C=O) groups is 1. The zero-order chi connectivity index (χ0) is 20.3. The predicted molar refractivity (Wildman–Crippen MR) is 94.2 cm³/mol. The number of halogens is 3. The minimum atomic E-state index is -4.34. The van der Waals surface area contributed by atoms with Crippen molar-refractivity contribution < 1.29 is 27.4 Å². The van der Waals surface area contributed by atoms with Crippen molar-refractivity contribution in [2.75, 3.05) is 7.11 Å². The number of carbonyl (C=O) groups excluding carboxylic acids is 1. The zero-order valence-corrected chi connectivity index (χ0v) is 15.9. The third-order valence-corrected chi connectivity index (χ3v) is 5.46. The number of nitrogens with zero attached hydrogens (tertiary/aromatic N) is 3. The van der Waals surface area contributed by atoms with Gasteiger partial charge in [-0.1, -0.05) is 18.2 Å². The first-order chi connectivity index (χ1) is 13.3. The molecule has 1 aromatic heterocycles. The molecule has 0 saturated heterocycles. The van der Waals surface area contributed by atoms with Gasteiger partial charge in [0.05, 0.1) is 19.1 Å². The summed E-state index contributed by atoms with van der Waals surface area (Å²) in [4.78, 5) is 11.6. The Labute approximate surface area is 161 Å². The van der Waals surface area contributed by atoms with Crippen molar-refractivity contribution >= 4 is 5.97 Å². The number of esters is 1. The summed E-state index contributed by atoms with van der Waals surface area (Å²) in [6.45, 7) is 0.0845. The van der Waals surface area contributed by atoms with E-state index < -0.39 is 17.9 Å². The molecule has 0 spiro atoms. The monoisotopic (exact) mass is 399 g/mol. The number of aromatic nitrogens is 3. The Morgan fingerprint density at radius 1 is 1.25 bits per heavy atom. The van der Waals surface area contributed by atoms with Crippen LogP contribution in [-0.4, -0.2) is 40.1 Å². The third kappa shape index (κ3) is 4.63. The summed E-state index contributed by atoms with van der Waals surface area (Å²) >= 11 is 0. The molecule has 154 valence electrons. The van der Waals surface area contributed by atoms with Crippen molar-refractivity contribution in [1.82, 2.24) is 14.8 Å². The van der Waals surface area contributed by atoms with E-state index in [0.717, 1.165) is 37.6 Å². The first kappa shape index (κ1) is 20.6. The normalized spacial score (nSPS) is 25.5. The quantitative estimate of drug-likeness (QED) is 0.708. The molecule has 2 aliphatic carbocycles. The van der Waals surface area contributed by atoms with Crippen molar-refractivity contribution in [1.29, 1.82) is 0 Å². The molecule has 0 N–H and O–H groups in total. The topological polar surface area (TPSA) is 66.2 Å². The summed E-state index contributed by atoms with van der Waals surface area (Å²) in [5, 5.41) is 8.40. The third-order valence-electron chi connectivity index (χ3n) is 5.46. The molecule has 0 aliphatic heterocycles. The Morgan fingerprint density at radius 3 is 2.61 bits per heavy atom. The van der Waals surface area contributed by atoms with E-state index in [2.05, 4.69) is 10.2 Å². The SMILES string of the molecule is COC(=O)C1CCC(c2nnc(COC3C=CC=C(C(F)(F)F)C3)n2C)CC1. The highest BCUT2D eigenvalue weighted by Gasteiger charge is 2.35. The van der Waals surface area contributed by atoms with Gasteiger partial charge in [-0.3, -0.25) is 4.79 Å². The van der Waals surface area contributed by atoms with Crippen LogP contribution in [-0.2, 0) is 27.9 Å². The van der Waals surface area contributed by atoms with Gasteiger partial charge in [-0.15, -0.1) is 10.2 Å².